The number of benzene rings is 3. The Kier molecular flexibility index (Phi) is 6.87. The quantitative estimate of drug-likeness (QED) is 0.330. The number of nitro benzene ring substituents is 1. The van der Waals surface area contributed by atoms with Crippen LogP contribution >= 0.6 is 22.9 Å². The fraction of sp³-hybridized carbons (Fsp3) is 0. The van der Waals surface area contributed by atoms with Crippen molar-refractivity contribution in [2.24, 2.45) is 0 Å². The molecule has 0 bridgehead atoms. The Morgan fingerprint density at radius 1 is 1.09 bits per heavy atom. The lowest BCUT2D eigenvalue weighted by Crippen LogP contribution is -2.32. The average Bonchev–Trinajstić information content (AvgIpc) is 3.17. The van der Waals surface area contributed by atoms with Crippen LogP contribution in [-0.4, -0.2) is 15.4 Å². The second kappa shape index (κ2) is 10.2. The number of carbonyl (C=O) groups excluding carboxylic acids is 1. The minimum absolute atomic E-state index is 0.120. The monoisotopic (exact) mass is 502 g/mol. The van der Waals surface area contributed by atoms with Gasteiger partial charge in [0.2, 0.25) is 0 Å². The van der Waals surface area contributed by atoms with Gasteiger partial charge >= 0.3 is 0 Å². The zero-order valence-electron chi connectivity index (χ0n) is 17.8. The fourth-order valence-corrected chi connectivity index (χ4v) is 4.49. The van der Waals surface area contributed by atoms with Crippen LogP contribution < -0.4 is 20.1 Å². The number of amides is 1. The summed E-state index contributed by atoms with van der Waals surface area (Å²) in [6.45, 7) is 0. The van der Waals surface area contributed by atoms with Gasteiger partial charge in [0, 0.05) is 22.8 Å². The third kappa shape index (κ3) is 5.19. The van der Waals surface area contributed by atoms with Gasteiger partial charge in [-0.25, -0.2) is 0 Å². The molecule has 0 saturated heterocycles. The van der Waals surface area contributed by atoms with Crippen molar-refractivity contribution >= 4 is 51.9 Å². The lowest BCUT2D eigenvalue weighted by molar-refractivity contribution is -0.384. The largest absolute Gasteiger partial charge is 0.321 e. The summed E-state index contributed by atoms with van der Waals surface area (Å²) in [5, 5.41) is 24.1. The number of carbonyl (C=O) groups is 1. The first-order valence-corrected chi connectivity index (χ1v) is 11.3. The number of para-hydroxylation sites is 1. The molecule has 1 N–H and O–H groups in total. The van der Waals surface area contributed by atoms with Crippen LogP contribution in [0.4, 0.5) is 11.4 Å². The SMILES string of the molecule is N#CC(C(=O)Nc1ccc(Cl)cc1)=c1sc(=Cc2cccc([N+](=O)[O-])c2)c(=O)n1-c1ccccc1. The molecule has 4 aromatic rings. The highest BCUT2D eigenvalue weighted by Crippen LogP contribution is 2.15. The smallest absolute Gasteiger partial charge is 0.273 e. The van der Waals surface area contributed by atoms with Crippen LogP contribution in [0.2, 0.25) is 5.02 Å². The Morgan fingerprint density at radius 3 is 2.46 bits per heavy atom. The van der Waals surface area contributed by atoms with E-state index < -0.39 is 16.4 Å². The van der Waals surface area contributed by atoms with E-state index in [4.69, 9.17) is 11.6 Å². The molecule has 3 aromatic carbocycles. The molecule has 1 aromatic heterocycles. The molecule has 0 atom stereocenters. The third-order valence-electron chi connectivity index (χ3n) is 4.87. The van der Waals surface area contributed by atoms with E-state index in [1.54, 1.807) is 60.7 Å². The van der Waals surface area contributed by atoms with Crippen LogP contribution in [0.3, 0.4) is 0 Å². The molecule has 0 saturated carbocycles. The minimum atomic E-state index is -0.692. The second-order valence-corrected chi connectivity index (χ2v) is 8.66. The first-order valence-electron chi connectivity index (χ1n) is 10.1. The van der Waals surface area contributed by atoms with Crippen molar-refractivity contribution in [3.05, 3.63) is 119 Å². The van der Waals surface area contributed by atoms with E-state index in [0.717, 1.165) is 11.3 Å². The van der Waals surface area contributed by atoms with Crippen molar-refractivity contribution in [2.45, 2.75) is 0 Å². The van der Waals surface area contributed by atoms with Gasteiger partial charge in [-0.05, 0) is 48.0 Å². The second-order valence-electron chi connectivity index (χ2n) is 7.19. The van der Waals surface area contributed by atoms with Crippen LogP contribution in [0.25, 0.3) is 17.3 Å². The number of nitriles is 1. The molecule has 0 spiro atoms. The number of non-ortho nitro benzene ring substituents is 1. The molecule has 10 heteroatoms. The Hall–Kier alpha value is -4.52. The number of nitro groups is 1. The van der Waals surface area contributed by atoms with Crippen LogP contribution in [0, 0.1) is 21.4 Å². The Bertz CT molecular complexity index is 1650. The lowest BCUT2D eigenvalue weighted by Gasteiger charge is -2.06. The molecule has 8 nitrogen and oxygen atoms in total. The van der Waals surface area contributed by atoms with Gasteiger partial charge in [-0.1, -0.05) is 41.9 Å². The molecule has 1 heterocycles. The van der Waals surface area contributed by atoms with Crippen LogP contribution in [0.1, 0.15) is 5.56 Å². The van der Waals surface area contributed by atoms with E-state index >= 15 is 0 Å². The van der Waals surface area contributed by atoms with Crippen molar-refractivity contribution in [3.63, 3.8) is 0 Å². The normalized spacial score (nSPS) is 12.1. The number of halogens is 1. The molecule has 1 amide bonds. The highest BCUT2D eigenvalue weighted by molar-refractivity contribution is 7.07. The molecule has 0 aliphatic rings. The van der Waals surface area contributed by atoms with Gasteiger partial charge in [0.15, 0.2) is 5.57 Å². The topological polar surface area (TPSA) is 118 Å². The summed E-state index contributed by atoms with van der Waals surface area (Å²) < 4.78 is 1.62. The van der Waals surface area contributed by atoms with E-state index in [1.807, 2.05) is 6.07 Å². The summed E-state index contributed by atoms with van der Waals surface area (Å²) in [5.41, 5.74) is 0.494. The molecule has 0 unspecified atom stereocenters. The highest BCUT2D eigenvalue weighted by atomic mass is 35.5. The molecule has 0 aliphatic carbocycles. The Balaban J connectivity index is 1.94. The number of hydrogen-bond donors (Lipinski definition) is 1. The van der Waals surface area contributed by atoms with E-state index in [-0.39, 0.29) is 20.5 Å². The molecule has 35 heavy (non-hydrogen) atoms. The highest BCUT2D eigenvalue weighted by Gasteiger charge is 2.17. The predicted octanol–water partition coefficient (Wildman–Crippen LogP) is 3.60. The van der Waals surface area contributed by atoms with E-state index in [1.165, 1.54) is 28.8 Å². The first kappa shape index (κ1) is 23.6. The lowest BCUT2D eigenvalue weighted by atomic mass is 10.2. The number of aromatic nitrogens is 1. The Labute approximate surface area is 207 Å². The van der Waals surface area contributed by atoms with Crippen LogP contribution in [-0.2, 0) is 4.79 Å². The van der Waals surface area contributed by atoms with Gasteiger partial charge < -0.3 is 5.32 Å². The Morgan fingerprint density at radius 2 is 1.80 bits per heavy atom. The number of thiazole rings is 1. The zero-order valence-corrected chi connectivity index (χ0v) is 19.4. The predicted molar refractivity (Wildman–Crippen MR) is 135 cm³/mol. The maximum Gasteiger partial charge on any atom is 0.273 e. The van der Waals surface area contributed by atoms with Gasteiger partial charge in [0.1, 0.15) is 10.7 Å². The van der Waals surface area contributed by atoms with Crippen molar-refractivity contribution in [3.8, 4) is 11.8 Å². The van der Waals surface area contributed by atoms with Gasteiger partial charge in [0.25, 0.3) is 17.2 Å². The maximum absolute atomic E-state index is 13.4. The zero-order chi connectivity index (χ0) is 24.9. The van der Waals surface area contributed by atoms with Gasteiger partial charge in [-0.2, -0.15) is 5.26 Å². The summed E-state index contributed by atoms with van der Waals surface area (Å²) in [7, 11) is 0. The summed E-state index contributed by atoms with van der Waals surface area (Å²) >= 11 is 6.84. The molecule has 4 rings (SSSR count). The molecule has 0 fully saturated rings. The van der Waals surface area contributed by atoms with Gasteiger partial charge in [-0.15, -0.1) is 11.3 Å². The van der Waals surface area contributed by atoms with E-state index in [9.17, 15) is 25.0 Å². The number of nitrogens with zero attached hydrogens (tertiary/aromatic N) is 3. The first-order chi connectivity index (χ1) is 16.9. The summed E-state index contributed by atoms with van der Waals surface area (Å²) in [6.07, 6.45) is 1.50. The summed E-state index contributed by atoms with van der Waals surface area (Å²) in [5.74, 6) is -0.692. The van der Waals surface area contributed by atoms with Crippen LogP contribution in [0.15, 0.2) is 83.7 Å². The molecule has 0 radical (unpaired) electrons. The van der Waals surface area contributed by atoms with Gasteiger partial charge in [-0.3, -0.25) is 24.3 Å². The number of nitrogens with one attached hydrogen (secondary N) is 1. The van der Waals surface area contributed by atoms with E-state index in [0.29, 0.717) is 22.0 Å². The fourth-order valence-electron chi connectivity index (χ4n) is 3.26. The molecular formula is C25H15ClN4O4S. The molecular weight excluding hydrogens is 488 g/mol. The number of hydrogen-bond acceptors (Lipinski definition) is 6. The number of anilines is 1. The van der Waals surface area contributed by atoms with Crippen LogP contribution in [0.5, 0.6) is 0 Å². The van der Waals surface area contributed by atoms with Crippen molar-refractivity contribution in [1.29, 1.82) is 5.26 Å². The number of rotatable bonds is 5. The van der Waals surface area contributed by atoms with Gasteiger partial charge in [0.05, 0.1) is 15.1 Å². The van der Waals surface area contributed by atoms with Crippen molar-refractivity contribution in [2.75, 3.05) is 5.32 Å². The van der Waals surface area contributed by atoms with Crippen molar-refractivity contribution < 1.29 is 9.72 Å². The molecule has 172 valence electrons. The maximum atomic E-state index is 13.4. The summed E-state index contributed by atoms with van der Waals surface area (Å²) in [6, 6.07) is 22.7. The molecule has 0 aliphatic heterocycles. The third-order valence-corrected chi connectivity index (χ3v) is 6.22. The summed E-state index contributed by atoms with van der Waals surface area (Å²) in [4.78, 5) is 37.0. The van der Waals surface area contributed by atoms with E-state index in [2.05, 4.69) is 5.32 Å². The standard InChI is InChI=1S/C25H15ClN4O4S/c26-17-9-11-18(12-10-17)28-23(31)21(15-27)25-29(19-6-2-1-3-7-19)24(32)22(35-25)14-16-5-4-8-20(13-16)30(33)34/h1-14H,(H,28,31). The average molecular weight is 503 g/mol. The van der Waals surface area contributed by atoms with Crippen molar-refractivity contribution in [1.82, 2.24) is 4.57 Å². The minimum Gasteiger partial charge on any atom is -0.321 e.